The molecule has 1 heterocycles. The van der Waals surface area contributed by atoms with E-state index < -0.39 is 0 Å². The number of hydrogen-bond acceptors (Lipinski definition) is 5. The molecule has 1 N–H and O–H groups in total. The summed E-state index contributed by atoms with van der Waals surface area (Å²) in [5.74, 6) is 2.46. The van der Waals surface area contributed by atoms with Gasteiger partial charge in [0.1, 0.15) is 11.6 Å². The number of ether oxygens (including phenoxy) is 2. The molecule has 0 fully saturated rings. The highest BCUT2D eigenvalue weighted by Crippen LogP contribution is 2.36. The van der Waals surface area contributed by atoms with Crippen LogP contribution in [0.2, 0.25) is 0 Å². The quantitative estimate of drug-likeness (QED) is 0.184. The van der Waals surface area contributed by atoms with E-state index >= 15 is 0 Å². The Morgan fingerprint density at radius 3 is 2.23 bits per heavy atom. The smallest absolute Gasteiger partial charge is 0.160 e. The first-order valence-corrected chi connectivity index (χ1v) is 14.0. The van der Waals surface area contributed by atoms with Crippen LogP contribution in [-0.4, -0.2) is 40.3 Å². The van der Waals surface area contributed by atoms with Crippen molar-refractivity contribution in [1.29, 1.82) is 0 Å². The summed E-state index contributed by atoms with van der Waals surface area (Å²) in [5.41, 5.74) is 5.30. The molecular weight excluding hydrogens is 486 g/mol. The summed E-state index contributed by atoms with van der Waals surface area (Å²) < 4.78 is 13.5. The van der Waals surface area contributed by atoms with Crippen LogP contribution in [-0.2, 0) is 19.6 Å². The van der Waals surface area contributed by atoms with Crippen molar-refractivity contribution in [3.05, 3.63) is 84.1 Å². The van der Waals surface area contributed by atoms with Gasteiger partial charge >= 0.3 is 0 Å². The number of para-hydroxylation sites is 1. The van der Waals surface area contributed by atoms with Crippen LogP contribution in [0, 0.1) is 0 Å². The number of hydrogen-bond donors (Lipinski definition) is 1. The second-order valence-corrected chi connectivity index (χ2v) is 9.87. The van der Waals surface area contributed by atoms with E-state index in [-0.39, 0.29) is 5.75 Å². The van der Waals surface area contributed by atoms with Crippen LogP contribution in [0.3, 0.4) is 0 Å². The number of imidazole rings is 1. The Morgan fingerprint density at radius 2 is 1.54 bits per heavy atom. The van der Waals surface area contributed by atoms with Gasteiger partial charge in [-0.25, -0.2) is 4.98 Å². The lowest BCUT2D eigenvalue weighted by atomic mass is 10.1. The molecule has 206 valence electrons. The molecule has 4 rings (SSSR count). The summed E-state index contributed by atoms with van der Waals surface area (Å²) in [5, 5.41) is 10.4. The molecule has 6 nitrogen and oxygen atoms in total. The molecule has 0 aliphatic heterocycles. The molecule has 4 aromatic rings. The molecular formula is C33H41N3O3. The van der Waals surface area contributed by atoms with Crippen molar-refractivity contribution in [2.75, 3.05) is 20.8 Å². The van der Waals surface area contributed by atoms with Gasteiger partial charge in [0.15, 0.2) is 11.5 Å². The van der Waals surface area contributed by atoms with Gasteiger partial charge in [-0.3, -0.25) is 4.90 Å². The van der Waals surface area contributed by atoms with E-state index in [9.17, 15) is 5.11 Å². The van der Waals surface area contributed by atoms with Gasteiger partial charge < -0.3 is 19.1 Å². The van der Waals surface area contributed by atoms with E-state index in [1.807, 2.05) is 42.5 Å². The fourth-order valence-corrected chi connectivity index (χ4v) is 4.97. The maximum Gasteiger partial charge on any atom is 0.160 e. The largest absolute Gasteiger partial charge is 0.504 e. The van der Waals surface area contributed by atoms with Crippen molar-refractivity contribution in [3.63, 3.8) is 0 Å². The SMILES string of the molecule is CCCCN(Cc1ccc(OC)c(O)c1)Cc1c(-c2ccccc2OC)nc(-c2ccccc2)n1CCCC. The molecule has 0 aliphatic carbocycles. The minimum atomic E-state index is 0.166. The van der Waals surface area contributed by atoms with Crippen molar-refractivity contribution in [3.8, 4) is 39.9 Å². The van der Waals surface area contributed by atoms with Crippen molar-refractivity contribution in [2.45, 2.75) is 59.2 Å². The number of benzene rings is 3. The second-order valence-electron chi connectivity index (χ2n) is 9.87. The van der Waals surface area contributed by atoms with E-state index in [4.69, 9.17) is 14.5 Å². The first-order valence-electron chi connectivity index (χ1n) is 14.0. The van der Waals surface area contributed by atoms with Crippen molar-refractivity contribution >= 4 is 0 Å². The van der Waals surface area contributed by atoms with E-state index in [0.717, 1.165) is 79.3 Å². The fraction of sp³-hybridized carbons (Fsp3) is 0.364. The van der Waals surface area contributed by atoms with E-state index in [1.165, 1.54) is 5.69 Å². The molecule has 1 aromatic heterocycles. The molecule has 0 unspecified atom stereocenters. The van der Waals surface area contributed by atoms with Gasteiger partial charge in [0.2, 0.25) is 0 Å². The lowest BCUT2D eigenvalue weighted by Gasteiger charge is -2.24. The van der Waals surface area contributed by atoms with Crippen LogP contribution in [0.15, 0.2) is 72.8 Å². The Kier molecular flexibility index (Phi) is 10.0. The summed E-state index contributed by atoms with van der Waals surface area (Å²) in [7, 11) is 3.29. The lowest BCUT2D eigenvalue weighted by Crippen LogP contribution is -2.26. The van der Waals surface area contributed by atoms with Gasteiger partial charge in [-0.15, -0.1) is 0 Å². The summed E-state index contributed by atoms with van der Waals surface area (Å²) in [6, 6.07) is 24.3. The minimum Gasteiger partial charge on any atom is -0.504 e. The third kappa shape index (κ3) is 6.82. The predicted octanol–water partition coefficient (Wildman–Crippen LogP) is 7.54. The average molecular weight is 528 g/mol. The van der Waals surface area contributed by atoms with E-state index in [1.54, 1.807) is 14.2 Å². The highest BCUT2D eigenvalue weighted by Gasteiger charge is 2.23. The number of phenols is 1. The van der Waals surface area contributed by atoms with Crippen molar-refractivity contribution in [2.24, 2.45) is 0 Å². The zero-order valence-corrected chi connectivity index (χ0v) is 23.7. The molecule has 6 heteroatoms. The lowest BCUT2D eigenvalue weighted by molar-refractivity contribution is 0.246. The topological polar surface area (TPSA) is 59.8 Å². The zero-order valence-electron chi connectivity index (χ0n) is 23.7. The van der Waals surface area contributed by atoms with Gasteiger partial charge in [0, 0.05) is 30.8 Å². The Balaban J connectivity index is 1.83. The summed E-state index contributed by atoms with van der Waals surface area (Å²) in [4.78, 5) is 7.75. The third-order valence-corrected chi connectivity index (χ3v) is 7.05. The van der Waals surface area contributed by atoms with Gasteiger partial charge in [0.25, 0.3) is 0 Å². The second kappa shape index (κ2) is 13.9. The fourth-order valence-electron chi connectivity index (χ4n) is 4.97. The number of unbranched alkanes of at least 4 members (excludes halogenated alkanes) is 2. The zero-order chi connectivity index (χ0) is 27.6. The molecule has 0 saturated carbocycles. The molecule has 0 saturated heterocycles. The highest BCUT2D eigenvalue weighted by molar-refractivity contribution is 5.73. The van der Waals surface area contributed by atoms with Crippen LogP contribution in [0.5, 0.6) is 17.2 Å². The normalized spacial score (nSPS) is 11.2. The van der Waals surface area contributed by atoms with E-state index in [2.05, 4.69) is 53.6 Å². The molecule has 0 amide bonds. The van der Waals surface area contributed by atoms with Gasteiger partial charge in [-0.1, -0.05) is 75.2 Å². The minimum absolute atomic E-state index is 0.166. The number of nitrogens with zero attached hydrogens (tertiary/aromatic N) is 3. The highest BCUT2D eigenvalue weighted by atomic mass is 16.5. The number of aromatic nitrogens is 2. The maximum absolute atomic E-state index is 10.4. The van der Waals surface area contributed by atoms with Crippen LogP contribution in [0.25, 0.3) is 22.6 Å². The van der Waals surface area contributed by atoms with Gasteiger partial charge in [0.05, 0.1) is 25.6 Å². The summed E-state index contributed by atoms with van der Waals surface area (Å²) in [6.07, 6.45) is 4.35. The van der Waals surface area contributed by atoms with Crippen molar-refractivity contribution in [1.82, 2.24) is 14.5 Å². The van der Waals surface area contributed by atoms with Crippen LogP contribution in [0.1, 0.15) is 50.8 Å². The number of aromatic hydroxyl groups is 1. The molecule has 0 atom stereocenters. The van der Waals surface area contributed by atoms with Crippen LogP contribution < -0.4 is 9.47 Å². The summed E-state index contributed by atoms with van der Waals surface area (Å²) >= 11 is 0. The third-order valence-electron chi connectivity index (χ3n) is 7.05. The number of rotatable bonds is 14. The average Bonchev–Trinajstić information content (AvgIpc) is 3.32. The molecule has 0 radical (unpaired) electrons. The monoisotopic (exact) mass is 527 g/mol. The number of phenolic OH excluding ortho intramolecular Hbond substituents is 1. The summed E-state index contributed by atoms with van der Waals surface area (Å²) in [6.45, 7) is 7.71. The number of methoxy groups -OCH3 is 2. The maximum atomic E-state index is 10.4. The Hall–Kier alpha value is -3.77. The standard InChI is InChI=1S/C33H41N3O3/c1-5-7-20-35(23-25-18-19-31(39-4)29(37)22-25)24-28-32(27-16-12-13-17-30(27)38-3)34-33(36(28)21-8-6-2)26-14-10-9-11-15-26/h9-19,22,37H,5-8,20-21,23-24H2,1-4H3. The molecule has 39 heavy (non-hydrogen) atoms. The molecule has 3 aromatic carbocycles. The first-order chi connectivity index (χ1) is 19.1. The Labute approximate surface area is 232 Å². The first kappa shape index (κ1) is 28.2. The predicted molar refractivity (Wildman–Crippen MR) is 158 cm³/mol. The molecule has 0 spiro atoms. The Bertz CT molecular complexity index is 1330. The van der Waals surface area contributed by atoms with Gasteiger partial charge in [-0.05, 0) is 49.2 Å². The Morgan fingerprint density at radius 1 is 0.821 bits per heavy atom. The van der Waals surface area contributed by atoms with Gasteiger partial charge in [-0.2, -0.15) is 0 Å². The van der Waals surface area contributed by atoms with Crippen molar-refractivity contribution < 1.29 is 14.6 Å². The van der Waals surface area contributed by atoms with Crippen LogP contribution >= 0.6 is 0 Å². The van der Waals surface area contributed by atoms with E-state index in [0.29, 0.717) is 12.3 Å². The molecule has 0 aliphatic rings. The van der Waals surface area contributed by atoms with Crippen LogP contribution in [0.4, 0.5) is 0 Å². The molecule has 0 bridgehead atoms.